The first-order chi connectivity index (χ1) is 4.33. The number of thioether (sulfide) groups is 1. The van der Waals surface area contributed by atoms with Crippen LogP contribution in [0.2, 0.25) is 0 Å². The summed E-state index contributed by atoms with van der Waals surface area (Å²) in [7, 11) is 0. The number of hydrogen-bond donors (Lipinski definition) is 0. The van der Waals surface area contributed by atoms with Gasteiger partial charge in [0.1, 0.15) is 6.17 Å². The number of hydrogen-bond acceptors (Lipinski definition) is 1. The van der Waals surface area contributed by atoms with E-state index in [0.29, 0.717) is 11.7 Å². The van der Waals surface area contributed by atoms with Crippen molar-refractivity contribution in [3.63, 3.8) is 0 Å². The Labute approximate surface area is 59.5 Å². The summed E-state index contributed by atoms with van der Waals surface area (Å²) in [4.78, 5) is 0. The highest BCUT2D eigenvalue weighted by Crippen LogP contribution is 2.22. The van der Waals surface area contributed by atoms with Crippen LogP contribution in [0, 0.1) is 0 Å². The van der Waals surface area contributed by atoms with Crippen molar-refractivity contribution < 1.29 is 4.39 Å². The normalized spacial score (nSPS) is 34.9. The van der Waals surface area contributed by atoms with Gasteiger partial charge in [-0.05, 0) is 19.1 Å². The van der Waals surface area contributed by atoms with Gasteiger partial charge in [0.25, 0.3) is 0 Å². The molecule has 0 aromatic heterocycles. The first-order valence-corrected chi connectivity index (χ1v) is 4.47. The summed E-state index contributed by atoms with van der Waals surface area (Å²) < 4.78 is 12.4. The fourth-order valence-electron chi connectivity index (χ4n) is 0.957. The third-order valence-corrected chi connectivity index (χ3v) is 2.56. The van der Waals surface area contributed by atoms with Crippen LogP contribution in [0.3, 0.4) is 0 Å². The van der Waals surface area contributed by atoms with Crippen LogP contribution in [0.4, 0.5) is 4.39 Å². The minimum atomic E-state index is -0.673. The molecule has 1 aliphatic rings. The van der Waals surface area contributed by atoms with Gasteiger partial charge in [-0.15, -0.1) is 0 Å². The van der Waals surface area contributed by atoms with Crippen LogP contribution in [-0.2, 0) is 0 Å². The van der Waals surface area contributed by atoms with E-state index >= 15 is 0 Å². The second-order valence-electron chi connectivity index (χ2n) is 2.25. The molecule has 0 unspecified atom stereocenters. The second-order valence-corrected chi connectivity index (χ2v) is 3.33. The summed E-state index contributed by atoms with van der Waals surface area (Å²) in [5.41, 5.74) is 0. The van der Waals surface area contributed by atoms with Crippen molar-refractivity contribution >= 4 is 11.8 Å². The Hall–Kier alpha value is 0.0200. The third-order valence-electron chi connectivity index (χ3n) is 1.56. The topological polar surface area (TPSA) is 0 Å². The van der Waals surface area contributed by atoms with Crippen molar-refractivity contribution in [1.29, 1.82) is 0 Å². The van der Waals surface area contributed by atoms with Crippen molar-refractivity contribution in [3.8, 4) is 0 Å². The standard InChI is InChI=1S/C7H11FS/c1-9-7-4-2-6(8)3-5-7/h2,4,6-7H,3,5H2,1H3/t6-,7-/m0/s1. The molecule has 1 aliphatic carbocycles. The molecule has 1 rings (SSSR count). The first-order valence-electron chi connectivity index (χ1n) is 3.18. The molecule has 0 heterocycles. The van der Waals surface area contributed by atoms with E-state index in [4.69, 9.17) is 0 Å². The van der Waals surface area contributed by atoms with Gasteiger partial charge in [-0.1, -0.05) is 12.2 Å². The van der Waals surface area contributed by atoms with Crippen molar-refractivity contribution in [3.05, 3.63) is 12.2 Å². The van der Waals surface area contributed by atoms with E-state index in [1.165, 1.54) is 0 Å². The quantitative estimate of drug-likeness (QED) is 0.512. The maximum atomic E-state index is 12.4. The average Bonchev–Trinajstić information content (AvgIpc) is 1.90. The number of rotatable bonds is 1. The van der Waals surface area contributed by atoms with Crippen LogP contribution >= 0.6 is 11.8 Å². The van der Waals surface area contributed by atoms with E-state index in [2.05, 4.69) is 6.26 Å². The van der Waals surface area contributed by atoms with Gasteiger partial charge in [0.2, 0.25) is 0 Å². The molecule has 0 aromatic carbocycles. The van der Waals surface area contributed by atoms with Gasteiger partial charge < -0.3 is 0 Å². The molecule has 0 saturated carbocycles. The fourth-order valence-corrected chi connectivity index (χ4v) is 1.58. The van der Waals surface area contributed by atoms with Crippen LogP contribution in [0.5, 0.6) is 0 Å². The largest absolute Gasteiger partial charge is 0.243 e. The predicted octanol–water partition coefficient (Wildman–Crippen LogP) is 2.41. The van der Waals surface area contributed by atoms with Gasteiger partial charge in [-0.3, -0.25) is 0 Å². The second kappa shape index (κ2) is 3.25. The molecule has 0 amide bonds. The monoisotopic (exact) mass is 146 g/mol. The van der Waals surface area contributed by atoms with Crippen molar-refractivity contribution in [1.82, 2.24) is 0 Å². The summed E-state index contributed by atoms with van der Waals surface area (Å²) in [6, 6.07) is 0. The predicted molar refractivity (Wildman–Crippen MR) is 40.6 cm³/mol. The average molecular weight is 146 g/mol. The smallest absolute Gasteiger partial charge is 0.118 e. The highest BCUT2D eigenvalue weighted by atomic mass is 32.2. The highest BCUT2D eigenvalue weighted by Gasteiger charge is 2.12. The zero-order valence-electron chi connectivity index (χ0n) is 5.51. The van der Waals surface area contributed by atoms with Crippen molar-refractivity contribution in [2.75, 3.05) is 6.26 Å². The minimum Gasteiger partial charge on any atom is -0.243 e. The first kappa shape index (κ1) is 7.13. The lowest BCUT2D eigenvalue weighted by Gasteiger charge is -2.15. The molecule has 2 heteroatoms. The van der Waals surface area contributed by atoms with E-state index in [0.717, 1.165) is 6.42 Å². The molecule has 0 radical (unpaired) electrons. The molecule has 0 spiro atoms. The molecule has 0 nitrogen and oxygen atoms in total. The van der Waals surface area contributed by atoms with E-state index in [9.17, 15) is 4.39 Å². The molecular weight excluding hydrogens is 135 g/mol. The van der Waals surface area contributed by atoms with Gasteiger partial charge in [-0.2, -0.15) is 11.8 Å². The Kier molecular flexibility index (Phi) is 2.58. The van der Waals surface area contributed by atoms with E-state index < -0.39 is 6.17 Å². The van der Waals surface area contributed by atoms with E-state index in [1.807, 2.05) is 6.08 Å². The summed E-state index contributed by atoms with van der Waals surface area (Å²) in [6.07, 6.45) is 6.74. The molecule has 2 atom stereocenters. The van der Waals surface area contributed by atoms with Gasteiger partial charge in [0.05, 0.1) is 0 Å². The van der Waals surface area contributed by atoms with Gasteiger partial charge in [-0.25, -0.2) is 4.39 Å². The van der Waals surface area contributed by atoms with Crippen LogP contribution in [0.15, 0.2) is 12.2 Å². The van der Waals surface area contributed by atoms with Crippen molar-refractivity contribution in [2.45, 2.75) is 24.3 Å². The molecule has 0 fully saturated rings. The van der Waals surface area contributed by atoms with Crippen LogP contribution in [0.25, 0.3) is 0 Å². The molecule has 0 bridgehead atoms. The van der Waals surface area contributed by atoms with E-state index in [1.54, 1.807) is 17.8 Å². The fraction of sp³-hybridized carbons (Fsp3) is 0.714. The van der Waals surface area contributed by atoms with E-state index in [-0.39, 0.29) is 0 Å². The molecule has 0 aromatic rings. The minimum absolute atomic E-state index is 0.567. The Morgan fingerprint density at radius 1 is 1.44 bits per heavy atom. The van der Waals surface area contributed by atoms with Gasteiger partial charge in [0.15, 0.2) is 0 Å². The SMILES string of the molecule is CS[C@H]1C=C[C@H](F)CC1. The zero-order valence-corrected chi connectivity index (χ0v) is 6.33. The lowest BCUT2D eigenvalue weighted by atomic mass is 10.1. The van der Waals surface area contributed by atoms with Gasteiger partial charge in [0, 0.05) is 5.25 Å². The third kappa shape index (κ3) is 2.01. The molecule has 0 saturated heterocycles. The Morgan fingerprint density at radius 2 is 2.22 bits per heavy atom. The number of alkyl halides is 1. The summed E-state index contributed by atoms with van der Waals surface area (Å²) >= 11 is 1.79. The molecule has 9 heavy (non-hydrogen) atoms. The summed E-state index contributed by atoms with van der Waals surface area (Å²) in [5.74, 6) is 0. The molecule has 0 aliphatic heterocycles. The Morgan fingerprint density at radius 3 is 2.67 bits per heavy atom. The number of halogens is 1. The highest BCUT2D eigenvalue weighted by molar-refractivity contribution is 7.99. The summed E-state index contributed by atoms with van der Waals surface area (Å²) in [6.45, 7) is 0. The maximum Gasteiger partial charge on any atom is 0.118 e. The van der Waals surface area contributed by atoms with Gasteiger partial charge >= 0.3 is 0 Å². The molecule has 52 valence electrons. The zero-order chi connectivity index (χ0) is 6.69. The Balaban J connectivity index is 2.38. The Bertz CT molecular complexity index is 111. The number of allylic oxidation sites excluding steroid dienone is 1. The van der Waals surface area contributed by atoms with Crippen LogP contribution in [0.1, 0.15) is 12.8 Å². The lowest BCUT2D eigenvalue weighted by molar-refractivity contribution is 0.363. The summed E-state index contributed by atoms with van der Waals surface area (Å²) in [5, 5.41) is 0.567. The lowest BCUT2D eigenvalue weighted by Crippen LogP contribution is -2.09. The maximum absolute atomic E-state index is 12.4. The van der Waals surface area contributed by atoms with Crippen LogP contribution < -0.4 is 0 Å². The molecular formula is C7H11FS. The van der Waals surface area contributed by atoms with Crippen molar-refractivity contribution in [2.24, 2.45) is 0 Å². The van der Waals surface area contributed by atoms with Crippen LogP contribution in [-0.4, -0.2) is 17.7 Å². The molecule has 0 N–H and O–H groups in total.